The molecule has 0 aliphatic carbocycles. The molecule has 6 heteroatoms. The third-order valence-corrected chi connectivity index (χ3v) is 3.46. The molecule has 1 heterocycles. The molecule has 0 saturated carbocycles. The van der Waals surface area contributed by atoms with Crippen LogP contribution in [0.4, 0.5) is 11.4 Å². The number of nitrogens with zero attached hydrogens (tertiary/aromatic N) is 1. The molecular weight excluding hydrogens is 258 g/mol. The molecule has 1 aliphatic heterocycles. The Kier molecular flexibility index (Phi) is 4.92. The molecule has 0 aromatic heterocycles. The van der Waals surface area contributed by atoms with Gasteiger partial charge >= 0.3 is 0 Å². The lowest BCUT2D eigenvalue weighted by Gasteiger charge is -2.27. The van der Waals surface area contributed by atoms with Gasteiger partial charge in [-0.1, -0.05) is 0 Å². The van der Waals surface area contributed by atoms with Crippen molar-refractivity contribution >= 4 is 11.4 Å². The average Bonchev–Trinajstić information content (AvgIpc) is 2.42. The summed E-state index contributed by atoms with van der Waals surface area (Å²) in [5.74, 6) is 0. The van der Waals surface area contributed by atoms with Crippen LogP contribution in [0.5, 0.6) is 0 Å². The van der Waals surface area contributed by atoms with Crippen molar-refractivity contribution in [1.29, 1.82) is 0 Å². The van der Waals surface area contributed by atoms with E-state index in [1.54, 1.807) is 12.1 Å². The van der Waals surface area contributed by atoms with Gasteiger partial charge in [0.15, 0.2) is 0 Å². The number of anilines is 1. The van der Waals surface area contributed by atoms with Crippen molar-refractivity contribution in [2.24, 2.45) is 0 Å². The van der Waals surface area contributed by atoms with Crippen LogP contribution in [0.15, 0.2) is 18.2 Å². The minimum absolute atomic E-state index is 0.128. The second kappa shape index (κ2) is 6.67. The van der Waals surface area contributed by atoms with Crippen LogP contribution in [0.25, 0.3) is 0 Å². The molecule has 110 valence electrons. The van der Waals surface area contributed by atoms with Crippen LogP contribution in [0.2, 0.25) is 0 Å². The summed E-state index contributed by atoms with van der Waals surface area (Å²) >= 11 is 0. The third-order valence-electron chi connectivity index (χ3n) is 3.46. The van der Waals surface area contributed by atoms with E-state index >= 15 is 0 Å². The number of rotatable bonds is 5. The molecule has 1 saturated heterocycles. The van der Waals surface area contributed by atoms with E-state index in [9.17, 15) is 10.1 Å². The first-order chi connectivity index (χ1) is 9.56. The Morgan fingerprint density at radius 2 is 2.40 bits per heavy atom. The minimum Gasteiger partial charge on any atom is -0.382 e. The predicted molar refractivity (Wildman–Crippen MR) is 78.1 cm³/mol. The molecule has 2 atom stereocenters. The van der Waals surface area contributed by atoms with E-state index in [1.807, 2.05) is 6.92 Å². The van der Waals surface area contributed by atoms with Crippen molar-refractivity contribution < 1.29 is 9.66 Å². The van der Waals surface area contributed by atoms with Crippen LogP contribution < -0.4 is 10.6 Å². The second-order valence-corrected chi connectivity index (χ2v) is 5.26. The van der Waals surface area contributed by atoms with E-state index < -0.39 is 0 Å². The van der Waals surface area contributed by atoms with Crippen LogP contribution >= 0.6 is 0 Å². The van der Waals surface area contributed by atoms with Crippen molar-refractivity contribution in [3.05, 3.63) is 33.9 Å². The summed E-state index contributed by atoms with van der Waals surface area (Å²) in [4.78, 5) is 10.3. The van der Waals surface area contributed by atoms with Crippen molar-refractivity contribution in [2.45, 2.75) is 32.4 Å². The van der Waals surface area contributed by atoms with E-state index in [4.69, 9.17) is 4.74 Å². The maximum Gasteiger partial charge on any atom is 0.269 e. The zero-order valence-electron chi connectivity index (χ0n) is 11.9. The van der Waals surface area contributed by atoms with Gasteiger partial charge in [0.1, 0.15) is 0 Å². The van der Waals surface area contributed by atoms with Gasteiger partial charge in [-0.25, -0.2) is 0 Å². The number of nitro benzene ring substituents is 1. The first kappa shape index (κ1) is 14.7. The zero-order chi connectivity index (χ0) is 14.5. The number of hydrogen-bond donors (Lipinski definition) is 2. The highest BCUT2D eigenvalue weighted by atomic mass is 16.6. The molecule has 2 N–H and O–H groups in total. The molecule has 0 amide bonds. The van der Waals surface area contributed by atoms with Gasteiger partial charge in [-0.15, -0.1) is 0 Å². The highest BCUT2D eigenvalue weighted by Gasteiger charge is 2.17. The number of aryl methyl sites for hydroxylation is 1. The molecule has 1 aromatic carbocycles. The van der Waals surface area contributed by atoms with Crippen LogP contribution in [-0.4, -0.2) is 36.8 Å². The van der Waals surface area contributed by atoms with Gasteiger partial charge < -0.3 is 15.4 Å². The third kappa shape index (κ3) is 3.91. The van der Waals surface area contributed by atoms with Gasteiger partial charge in [-0.05, 0) is 31.9 Å². The van der Waals surface area contributed by atoms with Crippen LogP contribution in [0.3, 0.4) is 0 Å². The normalized spacial score (nSPS) is 20.4. The van der Waals surface area contributed by atoms with Crippen molar-refractivity contribution in [2.75, 3.05) is 25.1 Å². The Labute approximate surface area is 118 Å². The number of non-ortho nitro benzene ring substituents is 1. The Bertz CT molecular complexity index is 473. The van der Waals surface area contributed by atoms with E-state index in [2.05, 4.69) is 17.6 Å². The Hall–Kier alpha value is -1.66. The molecule has 1 fully saturated rings. The fraction of sp³-hybridized carbons (Fsp3) is 0.571. The first-order valence-corrected chi connectivity index (χ1v) is 6.89. The minimum atomic E-state index is -0.372. The molecule has 2 unspecified atom stereocenters. The van der Waals surface area contributed by atoms with E-state index in [1.165, 1.54) is 6.07 Å². The summed E-state index contributed by atoms with van der Waals surface area (Å²) in [6.07, 6.45) is 0.955. The molecule has 0 radical (unpaired) electrons. The fourth-order valence-corrected chi connectivity index (χ4v) is 2.45. The van der Waals surface area contributed by atoms with Gasteiger partial charge in [0, 0.05) is 36.4 Å². The maximum absolute atomic E-state index is 10.7. The standard InChI is InChI=1S/C14H21N3O3/c1-10-7-13(17(18)19)3-4-14(10)16-11(2)8-12-9-20-6-5-15-12/h3-4,7,11-12,15-16H,5-6,8-9H2,1-2H3. The summed E-state index contributed by atoms with van der Waals surface area (Å²) in [6, 6.07) is 5.54. The number of morpholine rings is 1. The molecule has 2 rings (SSSR count). The molecule has 1 aromatic rings. The van der Waals surface area contributed by atoms with Crippen LogP contribution in [-0.2, 0) is 4.74 Å². The van der Waals surface area contributed by atoms with Gasteiger partial charge in [0.2, 0.25) is 0 Å². The molecule has 6 nitrogen and oxygen atoms in total. The molecule has 20 heavy (non-hydrogen) atoms. The fourth-order valence-electron chi connectivity index (χ4n) is 2.45. The van der Waals surface area contributed by atoms with Gasteiger partial charge in [-0.3, -0.25) is 10.1 Å². The first-order valence-electron chi connectivity index (χ1n) is 6.89. The predicted octanol–water partition coefficient (Wildman–Crippen LogP) is 2.08. The van der Waals surface area contributed by atoms with Gasteiger partial charge in [0.05, 0.1) is 18.1 Å². The maximum atomic E-state index is 10.7. The molecular formula is C14H21N3O3. The lowest BCUT2D eigenvalue weighted by molar-refractivity contribution is -0.384. The van der Waals surface area contributed by atoms with Crippen molar-refractivity contribution in [1.82, 2.24) is 5.32 Å². The number of hydrogen-bond acceptors (Lipinski definition) is 5. The Balaban J connectivity index is 1.93. The molecule has 0 bridgehead atoms. The second-order valence-electron chi connectivity index (χ2n) is 5.26. The Morgan fingerprint density at radius 3 is 3.00 bits per heavy atom. The highest BCUT2D eigenvalue weighted by Crippen LogP contribution is 2.22. The topological polar surface area (TPSA) is 76.4 Å². The van der Waals surface area contributed by atoms with E-state index in [0.717, 1.165) is 37.4 Å². The van der Waals surface area contributed by atoms with Crippen molar-refractivity contribution in [3.63, 3.8) is 0 Å². The summed E-state index contributed by atoms with van der Waals surface area (Å²) in [6.45, 7) is 6.40. The summed E-state index contributed by atoms with van der Waals surface area (Å²) in [5.41, 5.74) is 1.96. The number of ether oxygens (including phenoxy) is 1. The zero-order valence-corrected chi connectivity index (χ0v) is 11.9. The van der Waals surface area contributed by atoms with E-state index in [-0.39, 0.29) is 16.7 Å². The summed E-state index contributed by atoms with van der Waals surface area (Å²) in [5, 5.41) is 17.5. The molecule has 0 spiro atoms. The van der Waals surface area contributed by atoms with Crippen molar-refractivity contribution in [3.8, 4) is 0 Å². The largest absolute Gasteiger partial charge is 0.382 e. The van der Waals surface area contributed by atoms with Gasteiger partial charge in [0.25, 0.3) is 5.69 Å². The average molecular weight is 279 g/mol. The quantitative estimate of drug-likeness (QED) is 0.637. The van der Waals surface area contributed by atoms with Crippen LogP contribution in [0, 0.1) is 17.0 Å². The summed E-state index contributed by atoms with van der Waals surface area (Å²) < 4.78 is 5.43. The lowest BCUT2D eigenvalue weighted by atomic mass is 10.1. The highest BCUT2D eigenvalue weighted by molar-refractivity contribution is 5.55. The number of benzene rings is 1. The summed E-state index contributed by atoms with van der Waals surface area (Å²) in [7, 11) is 0. The number of nitrogens with one attached hydrogen (secondary N) is 2. The number of nitro groups is 1. The van der Waals surface area contributed by atoms with E-state index in [0.29, 0.717) is 6.04 Å². The Morgan fingerprint density at radius 1 is 1.60 bits per heavy atom. The van der Waals surface area contributed by atoms with Gasteiger partial charge in [-0.2, -0.15) is 0 Å². The lowest BCUT2D eigenvalue weighted by Crippen LogP contribution is -2.43. The monoisotopic (exact) mass is 279 g/mol. The van der Waals surface area contributed by atoms with Crippen LogP contribution in [0.1, 0.15) is 18.9 Å². The SMILES string of the molecule is Cc1cc([N+](=O)[O-])ccc1NC(C)CC1COCCN1. The smallest absolute Gasteiger partial charge is 0.269 e. The molecule has 1 aliphatic rings.